The van der Waals surface area contributed by atoms with Crippen molar-refractivity contribution >= 4 is 29.4 Å². The van der Waals surface area contributed by atoms with E-state index in [4.69, 9.17) is 21.1 Å². The van der Waals surface area contributed by atoms with Gasteiger partial charge in [-0.05, 0) is 18.1 Å². The van der Waals surface area contributed by atoms with E-state index in [2.05, 4.69) is 16.6 Å². The Labute approximate surface area is 138 Å². The summed E-state index contributed by atoms with van der Waals surface area (Å²) in [4.78, 5) is 23.5. The Hall–Kier alpha value is -2.28. The zero-order valence-electron chi connectivity index (χ0n) is 12.9. The molecule has 1 atom stereocenters. The van der Waals surface area contributed by atoms with E-state index in [0.717, 1.165) is 13.2 Å². The van der Waals surface area contributed by atoms with E-state index in [1.807, 2.05) is 0 Å². The van der Waals surface area contributed by atoms with E-state index in [1.54, 1.807) is 6.92 Å². The lowest BCUT2D eigenvalue weighted by molar-refractivity contribution is -0.148. The number of benzene rings is 1. The molecule has 8 heteroatoms. The van der Waals surface area contributed by atoms with E-state index >= 15 is 0 Å². The zero-order chi connectivity index (χ0) is 17.6. The summed E-state index contributed by atoms with van der Waals surface area (Å²) in [5.74, 6) is -1.39. The number of methoxy groups -OCH3 is 2. The van der Waals surface area contributed by atoms with Crippen LogP contribution in [0.25, 0.3) is 0 Å². The number of hydrogen-bond acceptors (Lipinski definition) is 5. The SMILES string of the molecule is C=C(CC)C(OC(=O)Nc1cc(OC)c(Cl)cc1F)C(=O)OC. The third kappa shape index (κ3) is 4.85. The molecule has 23 heavy (non-hydrogen) atoms. The van der Waals surface area contributed by atoms with E-state index < -0.39 is 24.0 Å². The highest BCUT2D eigenvalue weighted by Crippen LogP contribution is 2.30. The van der Waals surface area contributed by atoms with Crippen molar-refractivity contribution in [3.05, 3.63) is 35.1 Å². The van der Waals surface area contributed by atoms with Crippen molar-refractivity contribution < 1.29 is 28.2 Å². The summed E-state index contributed by atoms with van der Waals surface area (Å²) >= 11 is 5.76. The molecule has 1 rings (SSSR count). The number of carbonyl (C=O) groups is 2. The van der Waals surface area contributed by atoms with Gasteiger partial charge in [-0.25, -0.2) is 14.0 Å². The molecule has 0 aliphatic carbocycles. The molecule has 1 aromatic carbocycles. The highest BCUT2D eigenvalue weighted by Gasteiger charge is 2.26. The number of ether oxygens (including phenoxy) is 3. The molecule has 0 radical (unpaired) electrons. The van der Waals surface area contributed by atoms with Crippen molar-refractivity contribution in [2.75, 3.05) is 19.5 Å². The molecule has 0 aromatic heterocycles. The van der Waals surface area contributed by atoms with Gasteiger partial charge in [-0.2, -0.15) is 0 Å². The maximum absolute atomic E-state index is 13.8. The number of carbonyl (C=O) groups excluding carboxylic acids is 2. The average Bonchev–Trinajstić information content (AvgIpc) is 2.53. The predicted octanol–water partition coefficient (Wildman–Crippen LogP) is 3.54. The van der Waals surface area contributed by atoms with Gasteiger partial charge in [-0.1, -0.05) is 25.1 Å². The minimum atomic E-state index is -1.28. The largest absolute Gasteiger partial charge is 0.495 e. The van der Waals surface area contributed by atoms with Crippen LogP contribution in [0.15, 0.2) is 24.3 Å². The van der Waals surface area contributed by atoms with Crippen LogP contribution < -0.4 is 10.1 Å². The van der Waals surface area contributed by atoms with Gasteiger partial charge in [0.1, 0.15) is 11.6 Å². The summed E-state index contributed by atoms with van der Waals surface area (Å²) in [7, 11) is 2.50. The fourth-order valence-corrected chi connectivity index (χ4v) is 1.85. The van der Waals surface area contributed by atoms with Crippen LogP contribution in [0.1, 0.15) is 13.3 Å². The fourth-order valence-electron chi connectivity index (χ4n) is 1.62. The lowest BCUT2D eigenvalue weighted by atomic mass is 10.1. The normalized spacial score (nSPS) is 11.3. The van der Waals surface area contributed by atoms with E-state index in [9.17, 15) is 14.0 Å². The van der Waals surface area contributed by atoms with Crippen LogP contribution in [0.2, 0.25) is 5.02 Å². The molecule has 0 aliphatic heterocycles. The second-order valence-corrected chi connectivity index (χ2v) is 4.82. The number of amides is 1. The molecule has 6 nitrogen and oxygen atoms in total. The van der Waals surface area contributed by atoms with Gasteiger partial charge >= 0.3 is 12.1 Å². The second kappa shape index (κ2) is 8.38. The average molecular weight is 346 g/mol. The van der Waals surface area contributed by atoms with Gasteiger partial charge in [0.15, 0.2) is 0 Å². The molecule has 126 valence electrons. The zero-order valence-corrected chi connectivity index (χ0v) is 13.7. The molecule has 0 fully saturated rings. The predicted molar refractivity (Wildman–Crippen MR) is 83.3 cm³/mol. The summed E-state index contributed by atoms with van der Waals surface area (Å²) in [6.45, 7) is 5.38. The second-order valence-electron chi connectivity index (χ2n) is 4.41. The number of rotatable bonds is 6. The van der Waals surface area contributed by atoms with Crippen molar-refractivity contribution in [3.8, 4) is 5.75 Å². The Morgan fingerprint density at radius 1 is 1.39 bits per heavy atom. The summed E-state index contributed by atoms with van der Waals surface area (Å²) in [5.41, 5.74) is 0.142. The maximum Gasteiger partial charge on any atom is 0.412 e. The quantitative estimate of drug-likeness (QED) is 0.630. The van der Waals surface area contributed by atoms with Gasteiger partial charge in [0.25, 0.3) is 0 Å². The van der Waals surface area contributed by atoms with Gasteiger partial charge in [0.2, 0.25) is 6.10 Å². The lowest BCUT2D eigenvalue weighted by Crippen LogP contribution is -2.32. The minimum Gasteiger partial charge on any atom is -0.495 e. The number of hydrogen-bond donors (Lipinski definition) is 1. The van der Waals surface area contributed by atoms with Gasteiger partial charge < -0.3 is 14.2 Å². The first-order valence-corrected chi connectivity index (χ1v) is 6.98. The van der Waals surface area contributed by atoms with Crippen molar-refractivity contribution in [2.45, 2.75) is 19.4 Å². The summed E-state index contributed by atoms with van der Waals surface area (Å²) in [6.07, 6.45) is -1.92. The van der Waals surface area contributed by atoms with Gasteiger partial charge in [-0.15, -0.1) is 0 Å². The van der Waals surface area contributed by atoms with Crippen LogP contribution in [0.5, 0.6) is 5.75 Å². The van der Waals surface area contributed by atoms with E-state index in [0.29, 0.717) is 12.0 Å². The molecule has 0 saturated carbocycles. The molecule has 0 heterocycles. The first-order valence-electron chi connectivity index (χ1n) is 6.60. The van der Waals surface area contributed by atoms with Crippen LogP contribution in [0.3, 0.4) is 0 Å². The van der Waals surface area contributed by atoms with Crippen LogP contribution in [-0.2, 0) is 14.3 Å². The van der Waals surface area contributed by atoms with Crippen molar-refractivity contribution in [3.63, 3.8) is 0 Å². The first kappa shape index (κ1) is 18.8. The molecule has 1 N–H and O–H groups in total. The highest BCUT2D eigenvalue weighted by atomic mass is 35.5. The van der Waals surface area contributed by atoms with Crippen molar-refractivity contribution in [1.29, 1.82) is 0 Å². The van der Waals surface area contributed by atoms with Crippen LogP contribution in [0, 0.1) is 5.82 Å². The number of esters is 1. The third-order valence-electron chi connectivity index (χ3n) is 2.94. The molecule has 0 bridgehead atoms. The molecule has 0 aliphatic rings. The molecular formula is C15H17ClFNO5. The van der Waals surface area contributed by atoms with E-state index in [1.165, 1.54) is 13.2 Å². The van der Waals surface area contributed by atoms with Crippen LogP contribution in [-0.4, -0.2) is 32.4 Å². The topological polar surface area (TPSA) is 73.9 Å². The van der Waals surface area contributed by atoms with Crippen molar-refractivity contribution in [2.24, 2.45) is 0 Å². The Bertz CT molecular complexity index is 604. The number of nitrogens with one attached hydrogen (secondary N) is 1. The summed E-state index contributed by atoms with van der Waals surface area (Å²) < 4.78 is 28.2. The molecular weight excluding hydrogens is 329 g/mol. The van der Waals surface area contributed by atoms with Crippen LogP contribution in [0.4, 0.5) is 14.9 Å². The van der Waals surface area contributed by atoms with E-state index in [-0.39, 0.29) is 16.5 Å². The molecule has 1 unspecified atom stereocenters. The summed E-state index contributed by atoms with van der Waals surface area (Å²) in [5, 5.41) is 2.23. The van der Waals surface area contributed by atoms with Gasteiger partial charge in [0.05, 0.1) is 24.9 Å². The Kier molecular flexibility index (Phi) is 6.84. The third-order valence-corrected chi connectivity index (χ3v) is 3.24. The number of halogens is 2. The molecule has 0 spiro atoms. The monoisotopic (exact) mass is 345 g/mol. The number of anilines is 1. The Morgan fingerprint density at radius 3 is 2.57 bits per heavy atom. The Balaban J connectivity index is 2.90. The Morgan fingerprint density at radius 2 is 2.04 bits per heavy atom. The van der Waals surface area contributed by atoms with Gasteiger partial charge in [0, 0.05) is 6.07 Å². The summed E-state index contributed by atoms with van der Waals surface area (Å²) in [6, 6.07) is 2.18. The van der Waals surface area contributed by atoms with Crippen molar-refractivity contribution in [1.82, 2.24) is 0 Å². The first-order chi connectivity index (χ1) is 10.8. The fraction of sp³-hybridized carbons (Fsp3) is 0.333. The minimum absolute atomic E-state index is 0.0516. The lowest BCUT2D eigenvalue weighted by Gasteiger charge is -2.17. The molecule has 1 aromatic rings. The standard InChI is InChI=1S/C15H17ClFNO5/c1-5-8(2)13(14(19)22-4)23-15(20)18-11-7-12(21-3)9(16)6-10(11)17/h6-7,13H,2,5H2,1,3-4H3,(H,18,20). The maximum atomic E-state index is 13.8. The smallest absolute Gasteiger partial charge is 0.412 e. The van der Waals surface area contributed by atoms with Crippen LogP contribution >= 0.6 is 11.6 Å². The molecule has 1 amide bonds. The molecule has 0 saturated heterocycles. The highest BCUT2D eigenvalue weighted by molar-refractivity contribution is 6.32. The van der Waals surface area contributed by atoms with Gasteiger partial charge in [-0.3, -0.25) is 5.32 Å².